The Kier molecular flexibility index (Phi) is 2.29. The van der Waals surface area contributed by atoms with Crippen LogP contribution in [0.3, 0.4) is 0 Å². The highest BCUT2D eigenvalue weighted by molar-refractivity contribution is 5.32. The first-order chi connectivity index (χ1) is 9.07. The van der Waals surface area contributed by atoms with Crippen LogP contribution >= 0.6 is 0 Å². The highest BCUT2D eigenvalue weighted by Crippen LogP contribution is 2.67. The second kappa shape index (κ2) is 3.63. The molecule has 1 aromatic carbocycles. The van der Waals surface area contributed by atoms with Crippen molar-refractivity contribution < 1.29 is 5.11 Å². The number of aliphatic hydroxyl groups is 1. The molecule has 4 fully saturated rings. The van der Waals surface area contributed by atoms with Crippen LogP contribution in [0.5, 0.6) is 0 Å². The van der Waals surface area contributed by atoms with Crippen LogP contribution in [0.25, 0.3) is 0 Å². The molecule has 0 saturated heterocycles. The molecule has 5 rings (SSSR count). The average molecular weight is 256 g/mol. The van der Waals surface area contributed by atoms with E-state index in [-0.39, 0.29) is 11.0 Å². The molecule has 1 aromatic rings. The molecule has 0 aromatic heterocycles. The minimum atomic E-state index is -0.370. The quantitative estimate of drug-likeness (QED) is 0.846. The third kappa shape index (κ3) is 1.64. The first kappa shape index (κ1) is 12.0. The van der Waals surface area contributed by atoms with E-state index in [1.165, 1.54) is 31.2 Å². The Hall–Kier alpha value is -0.820. The topological polar surface area (TPSA) is 20.2 Å². The second-order valence-electron chi connectivity index (χ2n) is 7.73. The summed E-state index contributed by atoms with van der Waals surface area (Å²) in [5, 5.41) is 11.0. The fraction of sp³-hybridized carbons (Fsp3) is 0.667. The molecule has 1 heteroatoms. The van der Waals surface area contributed by atoms with Crippen molar-refractivity contribution in [3.63, 3.8) is 0 Å². The van der Waals surface area contributed by atoms with Gasteiger partial charge < -0.3 is 5.11 Å². The molecule has 4 atom stereocenters. The Morgan fingerprint density at radius 2 is 1.84 bits per heavy atom. The van der Waals surface area contributed by atoms with E-state index in [1.54, 1.807) is 0 Å². The molecule has 4 bridgehead atoms. The number of rotatable bonds is 2. The minimum absolute atomic E-state index is 0.269. The number of benzene rings is 1. The maximum absolute atomic E-state index is 11.0. The predicted molar refractivity (Wildman–Crippen MR) is 77.0 cm³/mol. The van der Waals surface area contributed by atoms with E-state index < -0.39 is 0 Å². The molecule has 4 saturated carbocycles. The van der Waals surface area contributed by atoms with Crippen LogP contribution < -0.4 is 0 Å². The van der Waals surface area contributed by atoms with Crippen LogP contribution in [0.4, 0.5) is 0 Å². The molecule has 0 aliphatic heterocycles. The number of hydrogen-bond acceptors (Lipinski definition) is 1. The van der Waals surface area contributed by atoms with Crippen LogP contribution in [0.15, 0.2) is 30.3 Å². The summed E-state index contributed by atoms with van der Waals surface area (Å²) in [6.45, 7) is 2.33. The Morgan fingerprint density at radius 1 is 1.05 bits per heavy atom. The van der Waals surface area contributed by atoms with Gasteiger partial charge in [-0.3, -0.25) is 0 Å². The molecule has 0 amide bonds. The fourth-order valence-electron chi connectivity index (χ4n) is 6.09. The third-order valence-electron chi connectivity index (χ3n) is 6.29. The van der Waals surface area contributed by atoms with Gasteiger partial charge >= 0.3 is 0 Å². The molecule has 19 heavy (non-hydrogen) atoms. The van der Waals surface area contributed by atoms with E-state index in [0.29, 0.717) is 5.41 Å². The van der Waals surface area contributed by atoms with E-state index in [1.807, 2.05) is 0 Å². The summed E-state index contributed by atoms with van der Waals surface area (Å²) in [7, 11) is 0. The van der Waals surface area contributed by atoms with Gasteiger partial charge in [0.25, 0.3) is 0 Å². The molecule has 4 aliphatic carbocycles. The van der Waals surface area contributed by atoms with Crippen molar-refractivity contribution in [1.82, 2.24) is 0 Å². The smallest absolute Gasteiger partial charge is 0.0664 e. The van der Waals surface area contributed by atoms with Crippen molar-refractivity contribution in [2.24, 2.45) is 11.3 Å². The molecule has 0 heterocycles. The molecule has 1 nitrogen and oxygen atoms in total. The van der Waals surface area contributed by atoms with Crippen molar-refractivity contribution in [2.75, 3.05) is 0 Å². The van der Waals surface area contributed by atoms with Crippen LogP contribution in [-0.4, -0.2) is 10.7 Å². The molecular weight excluding hydrogens is 232 g/mol. The standard InChI is InChI=1S/C18H24O/c1-2-16-8-14-9-17(11-16,13-18(19,10-14)12-16)15-6-4-3-5-7-15/h3-7,14,19H,2,8-13H2,1H3. The SMILES string of the molecule is CCC12CC3CC(O)(C1)CC(c1ccccc1)(C3)C2. The molecule has 1 N–H and O–H groups in total. The Balaban J connectivity index is 1.82. The molecule has 0 radical (unpaired) electrons. The van der Waals surface area contributed by atoms with Gasteiger partial charge in [0.1, 0.15) is 0 Å². The Labute approximate surface area is 116 Å². The fourth-order valence-corrected chi connectivity index (χ4v) is 6.09. The summed E-state index contributed by atoms with van der Waals surface area (Å²) in [6.07, 6.45) is 8.33. The summed E-state index contributed by atoms with van der Waals surface area (Å²) < 4.78 is 0. The predicted octanol–water partition coefficient (Wildman–Crippen LogP) is 4.05. The molecular formula is C18H24O. The second-order valence-corrected chi connectivity index (χ2v) is 7.73. The zero-order chi connectivity index (χ0) is 13.1. The van der Waals surface area contributed by atoms with E-state index in [9.17, 15) is 5.11 Å². The third-order valence-corrected chi connectivity index (χ3v) is 6.29. The van der Waals surface area contributed by atoms with Gasteiger partial charge in [-0.15, -0.1) is 0 Å². The minimum Gasteiger partial charge on any atom is -0.390 e. The van der Waals surface area contributed by atoms with Gasteiger partial charge in [0.05, 0.1) is 5.60 Å². The van der Waals surface area contributed by atoms with Gasteiger partial charge in [-0.25, -0.2) is 0 Å². The summed E-state index contributed by atoms with van der Waals surface area (Å²) >= 11 is 0. The zero-order valence-corrected chi connectivity index (χ0v) is 11.9. The van der Waals surface area contributed by atoms with Crippen LogP contribution in [-0.2, 0) is 5.41 Å². The van der Waals surface area contributed by atoms with E-state index >= 15 is 0 Å². The Morgan fingerprint density at radius 3 is 2.53 bits per heavy atom. The van der Waals surface area contributed by atoms with Gasteiger partial charge in [0.2, 0.25) is 0 Å². The van der Waals surface area contributed by atoms with Gasteiger partial charge in [-0.2, -0.15) is 0 Å². The van der Waals surface area contributed by atoms with E-state index in [0.717, 1.165) is 25.2 Å². The van der Waals surface area contributed by atoms with Crippen LogP contribution in [0.1, 0.15) is 57.4 Å². The lowest BCUT2D eigenvalue weighted by Crippen LogP contribution is -2.61. The molecule has 4 unspecified atom stereocenters. The first-order valence-electron chi connectivity index (χ1n) is 7.85. The van der Waals surface area contributed by atoms with Gasteiger partial charge in [-0.1, -0.05) is 43.7 Å². The van der Waals surface area contributed by atoms with Crippen molar-refractivity contribution in [3.8, 4) is 0 Å². The maximum atomic E-state index is 11.0. The average Bonchev–Trinajstić information content (AvgIpc) is 2.37. The Bertz CT molecular complexity index is 496. The molecule has 4 aliphatic rings. The normalized spacial score (nSPS) is 47.6. The highest BCUT2D eigenvalue weighted by Gasteiger charge is 2.62. The maximum Gasteiger partial charge on any atom is 0.0664 e. The van der Waals surface area contributed by atoms with E-state index in [4.69, 9.17) is 0 Å². The van der Waals surface area contributed by atoms with Gasteiger partial charge in [0, 0.05) is 0 Å². The lowest BCUT2D eigenvalue weighted by molar-refractivity contribution is -0.176. The summed E-state index contributed by atoms with van der Waals surface area (Å²) in [5.41, 5.74) is 1.80. The number of hydrogen-bond donors (Lipinski definition) is 1. The monoisotopic (exact) mass is 256 g/mol. The van der Waals surface area contributed by atoms with Gasteiger partial charge in [-0.05, 0) is 60.8 Å². The highest BCUT2D eigenvalue weighted by atomic mass is 16.3. The molecule has 102 valence electrons. The largest absolute Gasteiger partial charge is 0.390 e. The lowest BCUT2D eigenvalue weighted by atomic mass is 9.41. The molecule has 0 spiro atoms. The van der Waals surface area contributed by atoms with Crippen molar-refractivity contribution in [2.45, 2.75) is 62.9 Å². The first-order valence-corrected chi connectivity index (χ1v) is 7.85. The van der Waals surface area contributed by atoms with Crippen molar-refractivity contribution in [3.05, 3.63) is 35.9 Å². The van der Waals surface area contributed by atoms with Gasteiger partial charge in [0.15, 0.2) is 0 Å². The van der Waals surface area contributed by atoms with E-state index in [2.05, 4.69) is 37.3 Å². The van der Waals surface area contributed by atoms with Crippen LogP contribution in [0, 0.1) is 11.3 Å². The zero-order valence-electron chi connectivity index (χ0n) is 11.9. The summed E-state index contributed by atoms with van der Waals surface area (Å²) in [5.74, 6) is 0.751. The summed E-state index contributed by atoms with van der Waals surface area (Å²) in [6, 6.07) is 11.0. The lowest BCUT2D eigenvalue weighted by Gasteiger charge is -2.65. The summed E-state index contributed by atoms with van der Waals surface area (Å²) in [4.78, 5) is 0. The van der Waals surface area contributed by atoms with Crippen LogP contribution in [0.2, 0.25) is 0 Å². The van der Waals surface area contributed by atoms with Crippen molar-refractivity contribution in [1.29, 1.82) is 0 Å². The van der Waals surface area contributed by atoms with Crippen molar-refractivity contribution >= 4 is 0 Å².